The average molecular weight is 605 g/mol. The lowest BCUT2D eigenvalue weighted by Gasteiger charge is -2.27. The summed E-state index contributed by atoms with van der Waals surface area (Å²) in [5.41, 5.74) is 4.44. The zero-order valence-electron chi connectivity index (χ0n) is 21.8. The van der Waals surface area contributed by atoms with Crippen LogP contribution in [0, 0.1) is 5.82 Å². The van der Waals surface area contributed by atoms with Crippen LogP contribution in [0.2, 0.25) is 0 Å². The highest BCUT2D eigenvalue weighted by atomic mass is 32.2. The van der Waals surface area contributed by atoms with Crippen LogP contribution in [0.3, 0.4) is 0 Å². The summed E-state index contributed by atoms with van der Waals surface area (Å²) in [7, 11) is -3.09. The van der Waals surface area contributed by atoms with Crippen molar-refractivity contribution < 1.29 is 35.5 Å². The van der Waals surface area contributed by atoms with E-state index in [0.29, 0.717) is 23.3 Å². The van der Waals surface area contributed by atoms with Crippen molar-refractivity contribution in [3.63, 3.8) is 0 Å². The molecular formula is C27H24F4N6O4S. The second-order valence-corrected chi connectivity index (χ2v) is 11.8. The largest absolute Gasteiger partial charge is 0.454 e. The van der Waals surface area contributed by atoms with E-state index in [1.165, 1.54) is 48.7 Å². The molecule has 5 rings (SSSR count). The van der Waals surface area contributed by atoms with Crippen LogP contribution in [0.15, 0.2) is 67.0 Å². The van der Waals surface area contributed by atoms with Gasteiger partial charge in [-0.15, -0.1) is 0 Å². The van der Waals surface area contributed by atoms with Gasteiger partial charge in [0.2, 0.25) is 0 Å². The fraction of sp³-hybridized carbons (Fsp3) is 0.222. The number of nitrogens with two attached hydrogens (primary N) is 1. The standard InChI is InChI=1S/C27H24F4N6O4S/c28-21-14-17(35-26(38)19-15-34-37(24(19)27(29,30)31)18-4-2-1-3-5-18)6-7-23(21)41-22-8-9-33-25(32)20(22)16-36-10-12-42(39,40)13-11-36/h1-9,14-15H,10-13,16H2,(H2,32,33)(H,35,38). The topological polar surface area (TPSA) is 132 Å². The Morgan fingerprint density at radius 3 is 2.43 bits per heavy atom. The van der Waals surface area contributed by atoms with Gasteiger partial charge in [-0.1, -0.05) is 18.2 Å². The van der Waals surface area contributed by atoms with Crippen LogP contribution in [-0.2, 0) is 22.6 Å². The van der Waals surface area contributed by atoms with Crippen molar-refractivity contribution >= 4 is 27.2 Å². The van der Waals surface area contributed by atoms with Crippen molar-refractivity contribution in [1.82, 2.24) is 19.7 Å². The van der Waals surface area contributed by atoms with E-state index in [2.05, 4.69) is 15.4 Å². The predicted octanol–water partition coefficient (Wildman–Crippen LogP) is 4.28. The molecule has 3 N–H and O–H groups in total. The van der Waals surface area contributed by atoms with Crippen LogP contribution in [-0.4, -0.2) is 58.6 Å². The Balaban J connectivity index is 1.34. The van der Waals surface area contributed by atoms with E-state index >= 15 is 4.39 Å². The quantitative estimate of drug-likeness (QED) is 0.299. The number of sulfone groups is 1. The zero-order valence-corrected chi connectivity index (χ0v) is 22.6. The smallest absolute Gasteiger partial charge is 0.434 e. The van der Waals surface area contributed by atoms with E-state index in [1.54, 1.807) is 6.07 Å². The molecule has 10 nitrogen and oxygen atoms in total. The molecule has 0 atom stereocenters. The molecular weight excluding hydrogens is 580 g/mol. The summed E-state index contributed by atoms with van der Waals surface area (Å²) >= 11 is 0. The van der Waals surface area contributed by atoms with Gasteiger partial charge in [0.15, 0.2) is 27.1 Å². The Labute approximate surface area is 237 Å². The van der Waals surface area contributed by atoms with Gasteiger partial charge >= 0.3 is 6.18 Å². The number of benzene rings is 2. The Morgan fingerprint density at radius 2 is 1.76 bits per heavy atom. The third kappa shape index (κ3) is 6.36. The molecule has 0 saturated carbocycles. The minimum atomic E-state index is -4.91. The molecule has 1 aliphatic rings. The highest BCUT2D eigenvalue weighted by molar-refractivity contribution is 7.91. The van der Waals surface area contributed by atoms with E-state index < -0.39 is 39.0 Å². The van der Waals surface area contributed by atoms with Gasteiger partial charge in [0, 0.05) is 37.6 Å². The fourth-order valence-electron chi connectivity index (χ4n) is 4.41. The Bertz CT molecular complexity index is 1710. The summed E-state index contributed by atoms with van der Waals surface area (Å²) in [5.74, 6) is -1.96. The molecule has 1 aliphatic heterocycles. The van der Waals surface area contributed by atoms with E-state index in [9.17, 15) is 26.4 Å². The SMILES string of the molecule is Nc1nccc(Oc2ccc(NC(=O)c3cnn(-c4ccccc4)c3C(F)(F)F)cc2F)c1CN1CCS(=O)(=O)CC1. The maximum atomic E-state index is 15.1. The van der Waals surface area contributed by atoms with E-state index in [0.717, 1.165) is 12.3 Å². The normalized spacial score (nSPS) is 15.3. The van der Waals surface area contributed by atoms with Crippen molar-refractivity contribution in [3.05, 3.63) is 89.6 Å². The number of nitrogens with one attached hydrogen (secondary N) is 1. The molecule has 1 fully saturated rings. The molecule has 2 aromatic heterocycles. The summed E-state index contributed by atoms with van der Waals surface area (Å²) in [6.45, 7) is 0.802. The number of hydrogen-bond donors (Lipinski definition) is 2. The zero-order chi connectivity index (χ0) is 30.1. The maximum absolute atomic E-state index is 15.1. The number of carbonyl (C=O) groups is 1. The maximum Gasteiger partial charge on any atom is 0.434 e. The number of ether oxygens (including phenoxy) is 1. The summed E-state index contributed by atoms with van der Waals surface area (Å²) in [6.07, 6.45) is -2.74. The summed E-state index contributed by atoms with van der Waals surface area (Å²) < 4.78 is 86.7. The number of alkyl halides is 3. The van der Waals surface area contributed by atoms with Crippen LogP contribution in [0.25, 0.3) is 5.69 Å². The number of anilines is 2. The number of rotatable bonds is 7. The lowest BCUT2D eigenvalue weighted by Crippen LogP contribution is -2.39. The molecule has 1 amide bonds. The number of hydrogen-bond acceptors (Lipinski definition) is 8. The molecule has 220 valence electrons. The van der Waals surface area contributed by atoms with Gasteiger partial charge in [0.25, 0.3) is 5.91 Å². The molecule has 3 heterocycles. The minimum absolute atomic E-state index is 0.00265. The highest BCUT2D eigenvalue weighted by Crippen LogP contribution is 2.35. The van der Waals surface area contributed by atoms with E-state index in [1.807, 2.05) is 4.90 Å². The van der Waals surface area contributed by atoms with Crippen LogP contribution in [0.1, 0.15) is 21.6 Å². The molecule has 15 heteroatoms. The number of para-hydroxylation sites is 1. The van der Waals surface area contributed by atoms with Gasteiger partial charge in [-0.25, -0.2) is 22.5 Å². The van der Waals surface area contributed by atoms with E-state index in [-0.39, 0.29) is 46.7 Å². The first kappa shape index (κ1) is 29.0. The van der Waals surface area contributed by atoms with Crippen molar-refractivity contribution in [1.29, 1.82) is 0 Å². The molecule has 42 heavy (non-hydrogen) atoms. The summed E-state index contributed by atoms with van der Waals surface area (Å²) in [6, 6.07) is 12.4. The number of amides is 1. The van der Waals surface area contributed by atoms with E-state index in [4.69, 9.17) is 10.5 Å². The molecule has 4 aromatic rings. The van der Waals surface area contributed by atoms with Crippen molar-refractivity contribution in [2.45, 2.75) is 12.7 Å². The first-order valence-electron chi connectivity index (χ1n) is 12.6. The minimum Gasteiger partial charge on any atom is -0.454 e. The molecule has 0 bridgehead atoms. The number of carbonyl (C=O) groups excluding carboxylic acids is 1. The van der Waals surface area contributed by atoms with Crippen molar-refractivity contribution in [3.8, 4) is 17.2 Å². The van der Waals surface area contributed by atoms with Gasteiger partial charge in [-0.3, -0.25) is 9.69 Å². The fourth-order valence-corrected chi connectivity index (χ4v) is 5.68. The van der Waals surface area contributed by atoms with Crippen LogP contribution >= 0.6 is 0 Å². The molecule has 0 radical (unpaired) electrons. The van der Waals surface area contributed by atoms with Crippen LogP contribution < -0.4 is 15.8 Å². The number of nitrogen functional groups attached to an aromatic ring is 1. The third-order valence-electron chi connectivity index (χ3n) is 6.56. The van der Waals surface area contributed by atoms with Crippen LogP contribution in [0.4, 0.5) is 29.1 Å². The van der Waals surface area contributed by atoms with Gasteiger partial charge in [-0.2, -0.15) is 18.3 Å². The Morgan fingerprint density at radius 1 is 1.05 bits per heavy atom. The Hall–Kier alpha value is -4.50. The molecule has 1 saturated heterocycles. The monoisotopic (exact) mass is 604 g/mol. The first-order valence-corrected chi connectivity index (χ1v) is 14.4. The highest BCUT2D eigenvalue weighted by Gasteiger charge is 2.40. The molecule has 0 aliphatic carbocycles. The van der Waals surface area contributed by atoms with Gasteiger partial charge in [0.05, 0.1) is 34.5 Å². The number of aromatic nitrogens is 3. The van der Waals surface area contributed by atoms with Crippen molar-refractivity contribution in [2.24, 2.45) is 0 Å². The van der Waals surface area contributed by atoms with Gasteiger partial charge in [0.1, 0.15) is 11.6 Å². The summed E-state index contributed by atoms with van der Waals surface area (Å²) in [4.78, 5) is 18.8. The number of pyridine rings is 1. The summed E-state index contributed by atoms with van der Waals surface area (Å²) in [5, 5.41) is 6.03. The number of halogens is 4. The predicted molar refractivity (Wildman–Crippen MR) is 146 cm³/mol. The second kappa shape index (κ2) is 11.4. The molecule has 2 aromatic carbocycles. The van der Waals surface area contributed by atoms with Crippen LogP contribution in [0.5, 0.6) is 11.5 Å². The van der Waals surface area contributed by atoms with Crippen molar-refractivity contribution in [2.75, 3.05) is 35.6 Å². The number of nitrogens with zero attached hydrogens (tertiary/aromatic N) is 4. The molecule has 0 unspecified atom stereocenters. The van der Waals surface area contributed by atoms with Gasteiger partial charge in [-0.05, 0) is 30.3 Å². The first-order chi connectivity index (χ1) is 19.9. The second-order valence-electron chi connectivity index (χ2n) is 9.45. The third-order valence-corrected chi connectivity index (χ3v) is 8.17. The lowest BCUT2D eigenvalue weighted by molar-refractivity contribution is -0.143. The lowest BCUT2D eigenvalue weighted by atomic mass is 10.2. The Kier molecular flexibility index (Phi) is 7.88. The average Bonchev–Trinajstić information content (AvgIpc) is 3.40. The van der Waals surface area contributed by atoms with Gasteiger partial charge < -0.3 is 15.8 Å². The molecule has 0 spiro atoms.